The van der Waals surface area contributed by atoms with Crippen LogP contribution in [0, 0.1) is 0 Å². The second kappa shape index (κ2) is 6.27. The van der Waals surface area contributed by atoms with Crippen molar-refractivity contribution in [2.24, 2.45) is 0 Å². The number of nitrogens with one attached hydrogen (secondary N) is 1. The van der Waals surface area contributed by atoms with Crippen molar-refractivity contribution in [3.05, 3.63) is 58.5 Å². The topological polar surface area (TPSA) is 81.9 Å². The summed E-state index contributed by atoms with van der Waals surface area (Å²) in [7, 11) is 0. The zero-order valence-electron chi connectivity index (χ0n) is 11.0. The highest BCUT2D eigenvalue weighted by Gasteiger charge is 2.21. The van der Waals surface area contributed by atoms with Crippen LogP contribution < -0.4 is 10.4 Å². The summed E-state index contributed by atoms with van der Waals surface area (Å²) in [6, 6.07) is 13.2. The van der Waals surface area contributed by atoms with Crippen LogP contribution in [0.15, 0.2) is 47.8 Å². The fourth-order valence-electron chi connectivity index (χ4n) is 1.97. The molecule has 1 aromatic carbocycles. The molecule has 1 atom stereocenters. The second-order valence-corrected chi connectivity index (χ2v) is 5.46. The quantitative estimate of drug-likeness (QED) is 0.777. The number of hydrogen-bond acceptors (Lipinski definition) is 5. The van der Waals surface area contributed by atoms with Crippen LogP contribution in [0.25, 0.3) is 0 Å². The van der Waals surface area contributed by atoms with Gasteiger partial charge < -0.3 is 10.4 Å². The van der Waals surface area contributed by atoms with Crippen LogP contribution in [0.4, 0.5) is 5.69 Å². The predicted octanol–water partition coefficient (Wildman–Crippen LogP) is 1.86. The van der Waals surface area contributed by atoms with Gasteiger partial charge in [0.2, 0.25) is 5.91 Å². The Morgan fingerprint density at radius 2 is 2.10 bits per heavy atom. The molecule has 0 unspecified atom stereocenters. The van der Waals surface area contributed by atoms with Crippen molar-refractivity contribution in [2.45, 2.75) is 12.3 Å². The summed E-state index contributed by atoms with van der Waals surface area (Å²) in [6.07, 6.45) is 0.531. The third-order valence-corrected chi connectivity index (χ3v) is 3.89. The van der Waals surface area contributed by atoms with E-state index in [0.717, 1.165) is 10.6 Å². The third kappa shape index (κ3) is 3.32. The van der Waals surface area contributed by atoms with E-state index in [2.05, 4.69) is 25.9 Å². The molecule has 1 amide bonds. The molecular formula is C14H12N5OS-. The number of anilines is 1. The Hall–Kier alpha value is -2.54. The molecule has 6 nitrogen and oxygen atoms in total. The molecule has 0 saturated carbocycles. The molecule has 0 fully saturated rings. The van der Waals surface area contributed by atoms with Gasteiger partial charge in [-0.1, -0.05) is 24.3 Å². The number of carbonyl (C=O) groups is 1. The maximum atomic E-state index is 12.5. The molecule has 0 bridgehead atoms. The van der Waals surface area contributed by atoms with Crippen LogP contribution in [-0.2, 0) is 11.2 Å². The molecule has 106 valence electrons. The molecule has 0 aliphatic heterocycles. The molecule has 0 saturated heterocycles. The minimum atomic E-state index is -0.501. The van der Waals surface area contributed by atoms with Gasteiger partial charge in [-0.15, -0.1) is 11.3 Å². The first-order valence-corrected chi connectivity index (χ1v) is 7.28. The van der Waals surface area contributed by atoms with Crippen molar-refractivity contribution in [1.29, 1.82) is 0 Å². The van der Waals surface area contributed by atoms with E-state index in [9.17, 15) is 4.79 Å². The molecule has 0 spiro atoms. The summed E-state index contributed by atoms with van der Waals surface area (Å²) < 4.78 is 0. The second-order valence-electron chi connectivity index (χ2n) is 4.43. The van der Waals surface area contributed by atoms with Crippen LogP contribution in [0.3, 0.4) is 0 Å². The number of nitrogens with zero attached hydrogens (tertiary/aromatic N) is 4. The first kappa shape index (κ1) is 13.4. The van der Waals surface area contributed by atoms with E-state index in [4.69, 9.17) is 0 Å². The van der Waals surface area contributed by atoms with Gasteiger partial charge in [0, 0.05) is 16.4 Å². The average molecular weight is 298 g/mol. The lowest BCUT2D eigenvalue weighted by Gasteiger charge is -2.16. The number of rotatable bonds is 5. The first-order chi connectivity index (χ1) is 10.3. The predicted molar refractivity (Wildman–Crippen MR) is 79.0 cm³/mol. The molecule has 0 aliphatic carbocycles. The molecule has 3 aromatic rings. The summed E-state index contributed by atoms with van der Waals surface area (Å²) in [5.41, 5.74) is 0.742. The van der Waals surface area contributed by atoms with Gasteiger partial charge in [-0.2, -0.15) is 5.21 Å². The van der Waals surface area contributed by atoms with E-state index >= 15 is 0 Å². The summed E-state index contributed by atoms with van der Waals surface area (Å²) in [5.74, 6) is -0.319. The number of hydrogen-bond donors (Lipinski definition) is 1. The van der Waals surface area contributed by atoms with Crippen LogP contribution in [0.1, 0.15) is 16.6 Å². The maximum absolute atomic E-state index is 12.5. The third-order valence-electron chi connectivity index (χ3n) is 2.99. The Morgan fingerprint density at radius 1 is 1.24 bits per heavy atom. The van der Waals surface area contributed by atoms with E-state index in [1.807, 2.05) is 47.8 Å². The van der Waals surface area contributed by atoms with Crippen molar-refractivity contribution in [2.75, 3.05) is 5.32 Å². The Balaban J connectivity index is 1.80. The molecule has 2 heterocycles. The summed E-state index contributed by atoms with van der Waals surface area (Å²) >= 11 is 1.60. The monoisotopic (exact) mass is 298 g/mol. The minimum Gasteiger partial charge on any atom is -0.335 e. The lowest BCUT2D eigenvalue weighted by atomic mass is 10.0. The van der Waals surface area contributed by atoms with Crippen molar-refractivity contribution in [1.82, 2.24) is 20.6 Å². The first-order valence-electron chi connectivity index (χ1n) is 6.40. The maximum Gasteiger partial charge on any atom is 0.232 e. The van der Waals surface area contributed by atoms with Crippen LogP contribution in [-0.4, -0.2) is 21.4 Å². The molecule has 21 heavy (non-hydrogen) atoms. The average Bonchev–Trinajstić information content (AvgIpc) is 3.19. The number of amides is 1. The lowest BCUT2D eigenvalue weighted by Crippen LogP contribution is -2.24. The van der Waals surface area contributed by atoms with Gasteiger partial charge in [-0.3, -0.25) is 15.1 Å². The van der Waals surface area contributed by atoms with Crippen LogP contribution >= 0.6 is 11.3 Å². The minimum absolute atomic E-state index is 0.163. The number of thiophene rings is 1. The van der Waals surface area contributed by atoms with E-state index in [1.54, 1.807) is 11.3 Å². The van der Waals surface area contributed by atoms with Gasteiger partial charge in [-0.25, -0.2) is 0 Å². The van der Waals surface area contributed by atoms with Gasteiger partial charge in [0.25, 0.3) is 0 Å². The largest absolute Gasteiger partial charge is 0.335 e. The summed E-state index contributed by atoms with van der Waals surface area (Å²) in [4.78, 5) is 13.6. The van der Waals surface area contributed by atoms with E-state index < -0.39 is 5.92 Å². The van der Waals surface area contributed by atoms with Gasteiger partial charge in [0.1, 0.15) is 0 Å². The Labute approximate surface area is 125 Å². The highest BCUT2D eigenvalue weighted by atomic mass is 32.1. The number of aromatic nitrogens is 4. The zero-order chi connectivity index (χ0) is 14.5. The molecule has 2 aromatic heterocycles. The molecular weight excluding hydrogens is 286 g/mol. The fraction of sp³-hybridized carbons (Fsp3) is 0.143. The van der Waals surface area contributed by atoms with Crippen molar-refractivity contribution < 1.29 is 4.79 Å². The number of carbonyl (C=O) groups excluding carboxylic acids is 1. The standard InChI is InChI=1S/C14H13N5OS/c20-14(15-10-5-2-1-3-6-10)12(13-16-18-19-17-13)9-11-7-4-8-21-11/h1-8,12H,9H2,(H2,15,16,17,18,19,20)/p-1/t12-/m1/s1. The van der Waals surface area contributed by atoms with Gasteiger partial charge >= 0.3 is 0 Å². The molecule has 0 radical (unpaired) electrons. The number of benzene rings is 1. The van der Waals surface area contributed by atoms with Gasteiger partial charge in [0.05, 0.1) is 5.92 Å². The highest BCUT2D eigenvalue weighted by molar-refractivity contribution is 7.09. The van der Waals surface area contributed by atoms with Crippen molar-refractivity contribution >= 4 is 22.9 Å². The van der Waals surface area contributed by atoms with Crippen molar-refractivity contribution in [3.8, 4) is 0 Å². The smallest absolute Gasteiger partial charge is 0.232 e. The Bertz CT molecular complexity index is 682. The SMILES string of the molecule is O=C(Nc1ccccc1)[C@H](Cc1cccs1)c1nnn[n-]1. The van der Waals surface area contributed by atoms with E-state index in [0.29, 0.717) is 12.2 Å². The van der Waals surface area contributed by atoms with Gasteiger partial charge in [-0.05, 0) is 30.0 Å². The van der Waals surface area contributed by atoms with Gasteiger partial charge in [0.15, 0.2) is 0 Å². The Morgan fingerprint density at radius 3 is 2.76 bits per heavy atom. The molecule has 1 N–H and O–H groups in total. The zero-order valence-corrected chi connectivity index (χ0v) is 11.8. The molecule has 3 rings (SSSR count). The van der Waals surface area contributed by atoms with E-state index in [1.165, 1.54) is 0 Å². The summed E-state index contributed by atoms with van der Waals surface area (Å²) in [6.45, 7) is 0. The molecule has 0 aliphatic rings. The normalized spacial score (nSPS) is 12.0. The van der Waals surface area contributed by atoms with E-state index in [-0.39, 0.29) is 5.91 Å². The Kier molecular flexibility index (Phi) is 4.02. The van der Waals surface area contributed by atoms with Crippen LogP contribution in [0.5, 0.6) is 0 Å². The number of para-hydroxylation sites is 1. The van der Waals surface area contributed by atoms with Crippen molar-refractivity contribution in [3.63, 3.8) is 0 Å². The molecule has 7 heteroatoms. The number of tetrazole rings is 1. The summed E-state index contributed by atoms with van der Waals surface area (Å²) in [5, 5.41) is 19.5. The highest BCUT2D eigenvalue weighted by Crippen LogP contribution is 2.22. The lowest BCUT2D eigenvalue weighted by molar-refractivity contribution is -0.117. The fourth-order valence-corrected chi connectivity index (χ4v) is 2.72. The van der Waals surface area contributed by atoms with Crippen LogP contribution in [0.2, 0.25) is 0 Å².